The number of Topliss-reactive ketones (excluding diaryl/α,β-unsaturated/α-hetero) is 1. The van der Waals surface area contributed by atoms with Crippen LogP contribution in [0.15, 0.2) is 34.9 Å². The first-order valence-electron chi connectivity index (χ1n) is 7.04. The molecule has 21 heavy (non-hydrogen) atoms. The van der Waals surface area contributed by atoms with E-state index in [1.54, 1.807) is 6.20 Å². The summed E-state index contributed by atoms with van der Waals surface area (Å²) in [5.74, 6) is -0.356. The van der Waals surface area contributed by atoms with Crippen molar-refractivity contribution in [3.63, 3.8) is 0 Å². The number of benzene rings is 1. The van der Waals surface area contributed by atoms with Crippen molar-refractivity contribution in [2.75, 3.05) is 13.1 Å². The van der Waals surface area contributed by atoms with Crippen LogP contribution in [0.1, 0.15) is 18.5 Å². The Bertz CT molecular complexity index is 683. The van der Waals surface area contributed by atoms with Gasteiger partial charge in [-0.15, -0.1) is 0 Å². The van der Waals surface area contributed by atoms with Gasteiger partial charge in [0.15, 0.2) is 11.5 Å². The zero-order chi connectivity index (χ0) is 14.9. The summed E-state index contributed by atoms with van der Waals surface area (Å²) in [7, 11) is 0. The summed E-state index contributed by atoms with van der Waals surface area (Å²) in [6.07, 6.45) is 2.30. The maximum absolute atomic E-state index is 14.6. The highest BCUT2D eigenvalue weighted by atomic mass is 79.9. The number of rotatable bonds is 3. The number of carbonyl (C=O) groups is 1. The molecule has 1 aliphatic rings. The van der Waals surface area contributed by atoms with Gasteiger partial charge in [-0.1, -0.05) is 22.0 Å². The van der Waals surface area contributed by atoms with E-state index in [4.69, 9.17) is 0 Å². The Kier molecular flexibility index (Phi) is 4.04. The van der Waals surface area contributed by atoms with Gasteiger partial charge in [-0.2, -0.15) is 0 Å². The monoisotopic (exact) mass is 350 g/mol. The van der Waals surface area contributed by atoms with Crippen LogP contribution in [0.3, 0.4) is 0 Å². The van der Waals surface area contributed by atoms with E-state index in [0.717, 1.165) is 15.2 Å². The fourth-order valence-electron chi connectivity index (χ4n) is 2.68. The number of ketones is 1. The van der Waals surface area contributed by atoms with Crippen LogP contribution < -0.4 is 5.32 Å². The number of alkyl halides is 1. The van der Waals surface area contributed by atoms with E-state index in [1.807, 2.05) is 24.3 Å². The third kappa shape index (κ3) is 3.14. The molecule has 2 aromatic rings. The van der Waals surface area contributed by atoms with Crippen molar-refractivity contribution in [2.24, 2.45) is 0 Å². The van der Waals surface area contributed by atoms with Gasteiger partial charge < -0.3 is 5.32 Å². The average molecular weight is 351 g/mol. The first-order valence-corrected chi connectivity index (χ1v) is 7.83. The minimum absolute atomic E-state index is 0.0545. The molecule has 0 aliphatic carbocycles. The van der Waals surface area contributed by atoms with E-state index in [2.05, 4.69) is 26.2 Å². The zero-order valence-electron chi connectivity index (χ0n) is 11.5. The third-order valence-electron chi connectivity index (χ3n) is 3.98. The van der Waals surface area contributed by atoms with E-state index < -0.39 is 5.67 Å². The van der Waals surface area contributed by atoms with Gasteiger partial charge in [-0.25, -0.2) is 4.39 Å². The number of fused-ring (bicyclic) bond motifs is 1. The van der Waals surface area contributed by atoms with Gasteiger partial charge in [-0.05, 0) is 36.7 Å². The SMILES string of the molecule is O=C(Cc1cc2cc(Br)ccc2cn1)C1(F)CCNCC1. The maximum Gasteiger partial charge on any atom is 0.175 e. The van der Waals surface area contributed by atoms with Crippen LogP contribution in [-0.2, 0) is 11.2 Å². The molecule has 0 bridgehead atoms. The normalized spacial score (nSPS) is 17.8. The van der Waals surface area contributed by atoms with Crippen molar-refractivity contribution >= 4 is 32.5 Å². The molecule has 5 heteroatoms. The summed E-state index contributed by atoms with van der Waals surface area (Å²) >= 11 is 3.42. The molecule has 0 spiro atoms. The molecular weight excluding hydrogens is 335 g/mol. The number of halogens is 2. The Morgan fingerprint density at radius 3 is 2.81 bits per heavy atom. The van der Waals surface area contributed by atoms with Gasteiger partial charge in [0.25, 0.3) is 0 Å². The molecule has 110 valence electrons. The second-order valence-electron chi connectivity index (χ2n) is 5.48. The minimum atomic E-state index is -1.70. The van der Waals surface area contributed by atoms with E-state index >= 15 is 0 Å². The molecule has 0 radical (unpaired) electrons. The fraction of sp³-hybridized carbons (Fsp3) is 0.375. The third-order valence-corrected chi connectivity index (χ3v) is 4.47. The van der Waals surface area contributed by atoms with Gasteiger partial charge in [0, 0.05) is 34.6 Å². The van der Waals surface area contributed by atoms with E-state index in [0.29, 0.717) is 18.8 Å². The second-order valence-corrected chi connectivity index (χ2v) is 6.40. The van der Waals surface area contributed by atoms with Gasteiger partial charge in [0.05, 0.1) is 6.42 Å². The highest BCUT2D eigenvalue weighted by molar-refractivity contribution is 9.10. The molecule has 0 atom stereocenters. The van der Waals surface area contributed by atoms with Crippen molar-refractivity contribution in [1.82, 2.24) is 10.3 Å². The highest BCUT2D eigenvalue weighted by Crippen LogP contribution is 2.26. The lowest BCUT2D eigenvalue weighted by Gasteiger charge is -2.28. The molecule has 3 rings (SSSR count). The maximum atomic E-state index is 14.6. The molecule has 0 saturated carbocycles. The molecule has 1 N–H and O–H groups in total. The number of nitrogens with one attached hydrogen (secondary N) is 1. The Morgan fingerprint density at radius 2 is 2.05 bits per heavy atom. The second kappa shape index (κ2) is 5.81. The summed E-state index contributed by atoms with van der Waals surface area (Å²) in [6, 6.07) is 7.74. The molecule has 0 amide bonds. The van der Waals surface area contributed by atoms with Crippen LogP contribution in [0.2, 0.25) is 0 Å². The first-order chi connectivity index (χ1) is 10.1. The number of hydrogen-bond donors (Lipinski definition) is 1. The summed E-state index contributed by atoms with van der Waals surface area (Å²) in [6.45, 7) is 1.11. The summed E-state index contributed by atoms with van der Waals surface area (Å²) in [5.41, 5.74) is -1.07. The fourth-order valence-corrected chi connectivity index (χ4v) is 3.06. The predicted octanol–water partition coefficient (Wildman–Crippen LogP) is 3.20. The Hall–Kier alpha value is -1.33. The first kappa shape index (κ1) is 14.6. The topological polar surface area (TPSA) is 42.0 Å². The molecule has 1 fully saturated rings. The van der Waals surface area contributed by atoms with Gasteiger partial charge in [-0.3, -0.25) is 9.78 Å². The van der Waals surface area contributed by atoms with E-state index in [1.165, 1.54) is 0 Å². The molecule has 1 aliphatic heterocycles. The van der Waals surface area contributed by atoms with Crippen molar-refractivity contribution in [1.29, 1.82) is 0 Å². The number of pyridine rings is 1. The highest BCUT2D eigenvalue weighted by Gasteiger charge is 2.39. The Morgan fingerprint density at radius 1 is 1.29 bits per heavy atom. The van der Waals surface area contributed by atoms with Crippen LogP contribution in [-0.4, -0.2) is 29.5 Å². The van der Waals surface area contributed by atoms with Gasteiger partial charge >= 0.3 is 0 Å². The van der Waals surface area contributed by atoms with E-state index in [9.17, 15) is 9.18 Å². The lowest BCUT2D eigenvalue weighted by Crippen LogP contribution is -2.45. The van der Waals surface area contributed by atoms with Crippen LogP contribution in [0.5, 0.6) is 0 Å². The van der Waals surface area contributed by atoms with E-state index in [-0.39, 0.29) is 25.0 Å². The van der Waals surface area contributed by atoms with Crippen molar-refractivity contribution < 1.29 is 9.18 Å². The molecular formula is C16H16BrFN2O. The lowest BCUT2D eigenvalue weighted by molar-refractivity contribution is -0.131. The molecule has 1 aromatic carbocycles. The van der Waals surface area contributed by atoms with Crippen molar-refractivity contribution in [3.8, 4) is 0 Å². The quantitative estimate of drug-likeness (QED) is 0.924. The predicted molar refractivity (Wildman–Crippen MR) is 84.1 cm³/mol. The molecule has 2 heterocycles. The molecule has 0 unspecified atom stereocenters. The molecule has 1 saturated heterocycles. The number of nitrogens with zero attached hydrogens (tertiary/aromatic N) is 1. The number of aromatic nitrogens is 1. The van der Waals surface area contributed by atoms with Crippen LogP contribution in [0, 0.1) is 0 Å². The zero-order valence-corrected chi connectivity index (χ0v) is 13.1. The summed E-state index contributed by atoms with van der Waals surface area (Å²) in [5, 5.41) is 5.08. The van der Waals surface area contributed by atoms with Crippen molar-refractivity contribution in [2.45, 2.75) is 24.9 Å². The smallest absolute Gasteiger partial charge is 0.175 e. The number of piperidine rings is 1. The summed E-state index contributed by atoms with van der Waals surface area (Å²) in [4.78, 5) is 16.5. The van der Waals surface area contributed by atoms with Crippen LogP contribution in [0.4, 0.5) is 4.39 Å². The minimum Gasteiger partial charge on any atom is -0.316 e. The van der Waals surface area contributed by atoms with Crippen molar-refractivity contribution in [3.05, 3.63) is 40.6 Å². The lowest BCUT2D eigenvalue weighted by atomic mass is 9.87. The molecule has 1 aromatic heterocycles. The average Bonchev–Trinajstić information content (AvgIpc) is 2.47. The van der Waals surface area contributed by atoms with Crippen LogP contribution >= 0.6 is 15.9 Å². The number of hydrogen-bond acceptors (Lipinski definition) is 3. The van der Waals surface area contributed by atoms with Crippen LogP contribution in [0.25, 0.3) is 10.8 Å². The van der Waals surface area contributed by atoms with Gasteiger partial charge in [0.2, 0.25) is 0 Å². The van der Waals surface area contributed by atoms with Gasteiger partial charge in [0.1, 0.15) is 0 Å². The standard InChI is InChI=1S/C16H16BrFN2O/c17-13-2-1-11-10-20-14(8-12(11)7-13)9-15(21)16(18)3-5-19-6-4-16/h1-2,7-8,10,19H,3-6,9H2. The molecule has 3 nitrogen and oxygen atoms in total. The largest absolute Gasteiger partial charge is 0.316 e. The Balaban J connectivity index is 1.82. The summed E-state index contributed by atoms with van der Waals surface area (Å²) < 4.78 is 15.6. The number of carbonyl (C=O) groups excluding carboxylic acids is 1. The Labute approximate surface area is 131 Å².